The van der Waals surface area contributed by atoms with Gasteiger partial charge in [-0.2, -0.15) is 0 Å². The summed E-state index contributed by atoms with van der Waals surface area (Å²) in [5, 5.41) is 18.2. The van der Waals surface area contributed by atoms with Gasteiger partial charge in [0, 0.05) is 23.9 Å². The molecule has 8 nitrogen and oxygen atoms in total. The molecule has 0 saturated carbocycles. The maximum Gasteiger partial charge on any atom is 0.270 e. The summed E-state index contributed by atoms with van der Waals surface area (Å²) in [7, 11) is -3.79. The van der Waals surface area contributed by atoms with E-state index in [9.17, 15) is 23.3 Å². The predicted octanol–water partition coefficient (Wildman–Crippen LogP) is 1.89. The Labute approximate surface area is 137 Å². The first kappa shape index (κ1) is 17.3. The number of nitro benzene ring substituents is 1. The number of hydrogen-bond donors (Lipinski definition) is 2. The number of nitrogens with one attached hydrogen (secondary N) is 1. The standard InChI is InChI=1S/C15H13N3O5S/c16-24(22,23)14-7-5-12(6-8-14)17-15(19)9-4-11-2-1-3-13(10-11)18(20)21/h1-10H,(H,17,19)(H2,16,22,23). The van der Waals surface area contributed by atoms with Crippen LogP contribution in [0.4, 0.5) is 11.4 Å². The van der Waals surface area contributed by atoms with Crippen molar-refractivity contribution in [3.8, 4) is 0 Å². The number of carbonyl (C=O) groups excluding carboxylic acids is 1. The number of primary sulfonamides is 1. The highest BCUT2D eigenvalue weighted by molar-refractivity contribution is 7.89. The fourth-order valence-corrected chi connectivity index (χ4v) is 2.34. The zero-order chi connectivity index (χ0) is 17.7. The summed E-state index contributed by atoms with van der Waals surface area (Å²) in [6.45, 7) is 0. The second kappa shape index (κ2) is 7.02. The minimum atomic E-state index is -3.79. The van der Waals surface area contributed by atoms with Gasteiger partial charge in [0.25, 0.3) is 5.69 Å². The van der Waals surface area contributed by atoms with Crippen molar-refractivity contribution in [2.75, 3.05) is 5.32 Å². The molecule has 3 N–H and O–H groups in total. The highest BCUT2D eigenvalue weighted by atomic mass is 32.2. The number of sulfonamides is 1. The van der Waals surface area contributed by atoms with Crippen LogP contribution in [0.15, 0.2) is 59.5 Å². The topological polar surface area (TPSA) is 132 Å². The molecule has 0 aliphatic carbocycles. The molecule has 0 fully saturated rings. The van der Waals surface area contributed by atoms with Gasteiger partial charge in [-0.3, -0.25) is 14.9 Å². The van der Waals surface area contributed by atoms with Crippen LogP contribution in [-0.2, 0) is 14.8 Å². The first-order chi connectivity index (χ1) is 11.3. The van der Waals surface area contributed by atoms with Crippen molar-refractivity contribution < 1.29 is 18.1 Å². The minimum Gasteiger partial charge on any atom is -0.323 e. The van der Waals surface area contributed by atoms with E-state index in [1.54, 1.807) is 6.07 Å². The molecule has 0 aliphatic heterocycles. The van der Waals surface area contributed by atoms with Crippen LogP contribution in [-0.4, -0.2) is 19.2 Å². The van der Waals surface area contributed by atoms with Crippen molar-refractivity contribution in [2.24, 2.45) is 5.14 Å². The monoisotopic (exact) mass is 347 g/mol. The smallest absolute Gasteiger partial charge is 0.270 e. The first-order valence-electron chi connectivity index (χ1n) is 6.62. The number of anilines is 1. The average molecular weight is 347 g/mol. The molecule has 2 aromatic carbocycles. The van der Waals surface area contributed by atoms with Crippen LogP contribution >= 0.6 is 0 Å². The molecule has 0 unspecified atom stereocenters. The molecule has 0 saturated heterocycles. The van der Waals surface area contributed by atoms with Gasteiger partial charge in [-0.1, -0.05) is 12.1 Å². The van der Waals surface area contributed by atoms with E-state index in [0.29, 0.717) is 11.3 Å². The zero-order valence-corrected chi connectivity index (χ0v) is 13.1. The van der Waals surface area contributed by atoms with Crippen molar-refractivity contribution in [1.82, 2.24) is 0 Å². The van der Waals surface area contributed by atoms with Crippen molar-refractivity contribution in [3.05, 3.63) is 70.3 Å². The molecule has 0 atom stereocenters. The highest BCUT2D eigenvalue weighted by Crippen LogP contribution is 2.15. The fraction of sp³-hybridized carbons (Fsp3) is 0. The van der Waals surface area contributed by atoms with Crippen LogP contribution < -0.4 is 10.5 Å². The van der Waals surface area contributed by atoms with Crippen LogP contribution in [0, 0.1) is 10.1 Å². The molecule has 1 amide bonds. The highest BCUT2D eigenvalue weighted by Gasteiger charge is 2.07. The second-order valence-corrected chi connectivity index (χ2v) is 6.31. The minimum absolute atomic E-state index is 0.0624. The Balaban J connectivity index is 2.05. The Bertz CT molecular complexity index is 905. The number of nitrogens with two attached hydrogens (primary N) is 1. The lowest BCUT2D eigenvalue weighted by atomic mass is 10.2. The van der Waals surface area contributed by atoms with Crippen LogP contribution in [0.25, 0.3) is 6.08 Å². The second-order valence-electron chi connectivity index (χ2n) is 4.74. The molecule has 0 spiro atoms. The fourth-order valence-electron chi connectivity index (χ4n) is 1.83. The number of amides is 1. The number of carbonyl (C=O) groups is 1. The van der Waals surface area contributed by atoms with E-state index in [4.69, 9.17) is 5.14 Å². The molecule has 24 heavy (non-hydrogen) atoms. The van der Waals surface area contributed by atoms with E-state index in [0.717, 1.165) is 0 Å². The summed E-state index contributed by atoms with van der Waals surface area (Å²) in [6, 6.07) is 11.2. The molecule has 0 aliphatic rings. The molecule has 0 bridgehead atoms. The van der Waals surface area contributed by atoms with Gasteiger partial charge < -0.3 is 5.32 Å². The van der Waals surface area contributed by atoms with E-state index in [1.165, 1.54) is 54.6 Å². The first-order valence-corrected chi connectivity index (χ1v) is 8.17. The zero-order valence-electron chi connectivity index (χ0n) is 12.2. The number of nitro groups is 1. The summed E-state index contributed by atoms with van der Waals surface area (Å²) in [5.41, 5.74) is 0.816. The third kappa shape index (κ3) is 4.73. The van der Waals surface area contributed by atoms with Crippen molar-refractivity contribution in [1.29, 1.82) is 0 Å². The normalized spacial score (nSPS) is 11.4. The molecule has 0 radical (unpaired) electrons. The Morgan fingerprint density at radius 3 is 2.42 bits per heavy atom. The van der Waals surface area contributed by atoms with Crippen LogP contribution in [0.2, 0.25) is 0 Å². The number of nitrogens with zero attached hydrogens (tertiary/aromatic N) is 1. The molecule has 0 aromatic heterocycles. The van der Waals surface area contributed by atoms with Crippen molar-refractivity contribution in [2.45, 2.75) is 4.90 Å². The lowest BCUT2D eigenvalue weighted by Crippen LogP contribution is -2.12. The summed E-state index contributed by atoms with van der Waals surface area (Å²) >= 11 is 0. The maximum absolute atomic E-state index is 11.8. The molecule has 2 rings (SSSR count). The van der Waals surface area contributed by atoms with E-state index in [1.807, 2.05) is 0 Å². The maximum atomic E-state index is 11.8. The van der Waals surface area contributed by atoms with Crippen molar-refractivity contribution >= 4 is 33.4 Å². The quantitative estimate of drug-likeness (QED) is 0.484. The Morgan fingerprint density at radius 2 is 1.83 bits per heavy atom. The number of hydrogen-bond acceptors (Lipinski definition) is 5. The molecule has 124 valence electrons. The van der Waals surface area contributed by atoms with Gasteiger partial charge >= 0.3 is 0 Å². The van der Waals surface area contributed by atoms with E-state index >= 15 is 0 Å². The van der Waals surface area contributed by atoms with E-state index < -0.39 is 20.9 Å². The van der Waals surface area contributed by atoms with Crippen LogP contribution in [0.1, 0.15) is 5.56 Å². The van der Waals surface area contributed by atoms with Gasteiger partial charge in [-0.25, -0.2) is 13.6 Å². The number of benzene rings is 2. The Kier molecular flexibility index (Phi) is 5.07. The number of rotatable bonds is 5. The Morgan fingerprint density at radius 1 is 1.17 bits per heavy atom. The molecular formula is C15H13N3O5S. The SMILES string of the molecule is NS(=O)(=O)c1ccc(NC(=O)C=Cc2cccc([N+](=O)[O-])c2)cc1. The molecular weight excluding hydrogens is 334 g/mol. The van der Waals surface area contributed by atoms with Gasteiger partial charge in [0.05, 0.1) is 9.82 Å². The van der Waals surface area contributed by atoms with Crippen LogP contribution in [0.5, 0.6) is 0 Å². The van der Waals surface area contributed by atoms with Crippen LogP contribution in [0.3, 0.4) is 0 Å². The third-order valence-electron chi connectivity index (χ3n) is 2.96. The summed E-state index contributed by atoms with van der Waals surface area (Å²) in [6.07, 6.45) is 2.65. The Hall–Kier alpha value is -3.04. The molecule has 0 heterocycles. The van der Waals surface area contributed by atoms with Gasteiger partial charge in [0.15, 0.2) is 0 Å². The van der Waals surface area contributed by atoms with E-state index in [-0.39, 0.29) is 10.6 Å². The summed E-state index contributed by atoms with van der Waals surface area (Å²) < 4.78 is 22.3. The van der Waals surface area contributed by atoms with Gasteiger partial charge in [0.1, 0.15) is 0 Å². The lowest BCUT2D eigenvalue weighted by Gasteiger charge is -2.03. The van der Waals surface area contributed by atoms with Crippen molar-refractivity contribution in [3.63, 3.8) is 0 Å². The van der Waals surface area contributed by atoms with Gasteiger partial charge in [-0.15, -0.1) is 0 Å². The lowest BCUT2D eigenvalue weighted by molar-refractivity contribution is -0.384. The predicted molar refractivity (Wildman–Crippen MR) is 88.6 cm³/mol. The molecule has 2 aromatic rings. The number of non-ortho nitro benzene ring substituents is 1. The van der Waals surface area contributed by atoms with E-state index in [2.05, 4.69) is 5.32 Å². The summed E-state index contributed by atoms with van der Waals surface area (Å²) in [4.78, 5) is 21.9. The van der Waals surface area contributed by atoms with Gasteiger partial charge in [-0.05, 0) is 35.9 Å². The largest absolute Gasteiger partial charge is 0.323 e. The molecule has 9 heteroatoms. The summed E-state index contributed by atoms with van der Waals surface area (Å²) in [5.74, 6) is -0.468. The third-order valence-corrected chi connectivity index (χ3v) is 3.89. The van der Waals surface area contributed by atoms with Gasteiger partial charge in [0.2, 0.25) is 15.9 Å². The average Bonchev–Trinajstić information content (AvgIpc) is 2.53.